The van der Waals surface area contributed by atoms with Crippen LogP contribution in [0.2, 0.25) is 0 Å². The number of benzene rings is 1. The van der Waals surface area contributed by atoms with Crippen LogP contribution < -0.4 is 4.90 Å². The molecule has 30 heavy (non-hydrogen) atoms. The van der Waals surface area contributed by atoms with Crippen LogP contribution in [0.3, 0.4) is 0 Å². The zero-order chi connectivity index (χ0) is 21.6. The van der Waals surface area contributed by atoms with Gasteiger partial charge in [-0.3, -0.25) is 19.5 Å². The van der Waals surface area contributed by atoms with Gasteiger partial charge in [-0.25, -0.2) is 9.97 Å². The number of aryl methyl sites for hydroxylation is 2. The van der Waals surface area contributed by atoms with Gasteiger partial charge in [-0.2, -0.15) is 0 Å². The Hall–Kier alpha value is -3.41. The Labute approximate surface area is 176 Å². The monoisotopic (exact) mass is 400 g/mol. The van der Waals surface area contributed by atoms with E-state index in [9.17, 15) is 9.59 Å². The van der Waals surface area contributed by atoms with E-state index >= 15 is 0 Å². The van der Waals surface area contributed by atoms with Gasteiger partial charge in [0.15, 0.2) is 5.78 Å². The van der Waals surface area contributed by atoms with Crippen LogP contribution in [0.15, 0.2) is 42.9 Å². The first-order valence-electron chi connectivity index (χ1n) is 10.0. The van der Waals surface area contributed by atoms with E-state index in [2.05, 4.69) is 15.0 Å². The number of carbonyl (C=O) groups is 2. The van der Waals surface area contributed by atoms with Crippen molar-refractivity contribution in [3.63, 3.8) is 0 Å². The Kier molecular flexibility index (Phi) is 4.73. The molecule has 0 aliphatic carbocycles. The third-order valence-corrected chi connectivity index (χ3v) is 5.72. The Morgan fingerprint density at radius 2 is 1.70 bits per heavy atom. The number of amides is 1. The van der Waals surface area contributed by atoms with Gasteiger partial charge in [0.2, 0.25) is 5.91 Å². The van der Waals surface area contributed by atoms with Crippen LogP contribution in [-0.4, -0.2) is 26.6 Å². The number of carbonyl (C=O) groups excluding carboxylic acids is 2. The molecule has 1 aliphatic rings. The van der Waals surface area contributed by atoms with Crippen molar-refractivity contribution in [3.05, 3.63) is 65.5 Å². The molecule has 152 valence electrons. The molecule has 0 saturated carbocycles. The average molecular weight is 400 g/mol. The summed E-state index contributed by atoms with van der Waals surface area (Å²) in [6, 6.07) is 7.74. The number of ketones is 1. The van der Waals surface area contributed by atoms with Crippen molar-refractivity contribution in [2.75, 3.05) is 4.90 Å². The summed E-state index contributed by atoms with van der Waals surface area (Å²) in [4.78, 5) is 40.4. The average Bonchev–Trinajstić information content (AvgIpc) is 2.94. The first kappa shape index (κ1) is 19.9. The fourth-order valence-electron chi connectivity index (χ4n) is 3.84. The van der Waals surface area contributed by atoms with Crippen LogP contribution in [0.5, 0.6) is 0 Å². The number of rotatable bonds is 4. The maximum absolute atomic E-state index is 13.4. The van der Waals surface area contributed by atoms with Gasteiger partial charge < -0.3 is 0 Å². The molecule has 0 unspecified atom stereocenters. The van der Waals surface area contributed by atoms with Crippen LogP contribution in [0, 0.1) is 13.8 Å². The van der Waals surface area contributed by atoms with Crippen molar-refractivity contribution >= 4 is 23.1 Å². The topological polar surface area (TPSA) is 76.1 Å². The van der Waals surface area contributed by atoms with Crippen LogP contribution in [0.25, 0.3) is 11.1 Å². The van der Waals surface area contributed by atoms with Crippen LogP contribution in [-0.2, 0) is 10.2 Å². The smallest absolute Gasteiger partial charge is 0.241 e. The fourth-order valence-corrected chi connectivity index (χ4v) is 3.84. The highest BCUT2D eigenvalue weighted by molar-refractivity contribution is 6.13. The lowest BCUT2D eigenvalue weighted by atomic mass is 9.85. The largest absolute Gasteiger partial charge is 0.294 e. The van der Waals surface area contributed by atoms with Crippen molar-refractivity contribution in [2.24, 2.45) is 0 Å². The first-order chi connectivity index (χ1) is 14.2. The first-order valence-corrected chi connectivity index (χ1v) is 10.0. The fraction of sp³-hybridized carbons (Fsp3) is 0.292. The van der Waals surface area contributed by atoms with Gasteiger partial charge >= 0.3 is 0 Å². The van der Waals surface area contributed by atoms with Gasteiger partial charge in [-0.15, -0.1) is 0 Å². The van der Waals surface area contributed by atoms with E-state index in [1.165, 1.54) is 0 Å². The molecule has 6 heteroatoms. The molecular formula is C24H24N4O2. The number of pyridine rings is 1. The molecule has 0 radical (unpaired) electrons. The van der Waals surface area contributed by atoms with E-state index in [4.69, 9.17) is 0 Å². The summed E-state index contributed by atoms with van der Waals surface area (Å²) in [5.41, 5.74) is 4.68. The van der Waals surface area contributed by atoms with Crippen molar-refractivity contribution in [1.82, 2.24) is 15.0 Å². The highest BCUT2D eigenvalue weighted by Gasteiger charge is 2.44. The molecule has 0 atom stereocenters. The third kappa shape index (κ3) is 3.09. The molecule has 2 aromatic heterocycles. The number of hydrogen-bond donors (Lipinski definition) is 0. The minimum atomic E-state index is -0.683. The molecule has 3 aromatic rings. The van der Waals surface area contributed by atoms with Crippen molar-refractivity contribution < 1.29 is 9.59 Å². The Balaban J connectivity index is 1.87. The Morgan fingerprint density at radius 3 is 2.37 bits per heavy atom. The summed E-state index contributed by atoms with van der Waals surface area (Å²) in [5.74, 6) is 0.672. The second-order valence-electron chi connectivity index (χ2n) is 8.12. The van der Waals surface area contributed by atoms with E-state index in [-0.39, 0.29) is 11.7 Å². The molecule has 0 saturated heterocycles. The molecule has 3 heterocycles. The van der Waals surface area contributed by atoms with Gasteiger partial charge in [0, 0.05) is 35.6 Å². The standard InChI is InChI=1S/C24H24N4O2/c1-6-22(29)19-10-18(13-25-14(19)2)28-21-9-16(17-11-26-15(3)27-12-17)7-8-20(21)24(4,5)23(28)30/h7-13H,6H2,1-5H3. The van der Waals surface area contributed by atoms with Gasteiger partial charge in [0.1, 0.15) is 5.82 Å². The van der Waals surface area contributed by atoms with E-state index in [1.54, 1.807) is 29.6 Å². The van der Waals surface area contributed by atoms with Gasteiger partial charge in [-0.1, -0.05) is 19.1 Å². The minimum Gasteiger partial charge on any atom is -0.294 e. The summed E-state index contributed by atoms with van der Waals surface area (Å²) >= 11 is 0. The third-order valence-electron chi connectivity index (χ3n) is 5.72. The second kappa shape index (κ2) is 7.13. The van der Waals surface area contributed by atoms with Crippen molar-refractivity contribution in [3.8, 4) is 11.1 Å². The number of nitrogens with zero attached hydrogens (tertiary/aromatic N) is 4. The second-order valence-corrected chi connectivity index (χ2v) is 8.12. The molecule has 6 nitrogen and oxygen atoms in total. The van der Waals surface area contributed by atoms with E-state index in [0.29, 0.717) is 29.2 Å². The van der Waals surface area contributed by atoms with Crippen LogP contribution >= 0.6 is 0 Å². The van der Waals surface area contributed by atoms with Crippen LogP contribution in [0.4, 0.5) is 11.4 Å². The molecule has 1 aliphatic heterocycles. The maximum Gasteiger partial charge on any atom is 0.241 e. The van der Waals surface area contributed by atoms with E-state index in [1.807, 2.05) is 52.8 Å². The zero-order valence-corrected chi connectivity index (χ0v) is 17.9. The van der Waals surface area contributed by atoms with Gasteiger partial charge in [-0.05, 0) is 51.0 Å². The number of Topliss-reactive ketones (excluding diaryl/α,β-unsaturated/α-hetero) is 1. The quantitative estimate of drug-likeness (QED) is 0.593. The number of hydrogen-bond acceptors (Lipinski definition) is 5. The SMILES string of the molecule is CCC(=O)c1cc(N2C(=O)C(C)(C)c3ccc(-c4cnc(C)nc4)cc32)cnc1C. The Bertz CT molecular complexity index is 1170. The highest BCUT2D eigenvalue weighted by Crippen LogP contribution is 2.46. The summed E-state index contributed by atoms with van der Waals surface area (Å²) < 4.78 is 0. The van der Waals surface area contributed by atoms with Crippen molar-refractivity contribution in [2.45, 2.75) is 46.5 Å². The van der Waals surface area contributed by atoms with Gasteiger partial charge in [0.25, 0.3) is 0 Å². The van der Waals surface area contributed by atoms with Crippen molar-refractivity contribution in [1.29, 1.82) is 0 Å². The van der Waals surface area contributed by atoms with E-state index < -0.39 is 5.41 Å². The maximum atomic E-state index is 13.4. The number of anilines is 2. The minimum absolute atomic E-state index is 0.0125. The Morgan fingerprint density at radius 1 is 1.00 bits per heavy atom. The normalized spacial score (nSPS) is 14.7. The molecule has 0 spiro atoms. The predicted molar refractivity (Wildman–Crippen MR) is 116 cm³/mol. The summed E-state index contributed by atoms with van der Waals surface area (Å²) in [6.07, 6.45) is 5.61. The van der Waals surface area contributed by atoms with E-state index in [0.717, 1.165) is 22.4 Å². The molecule has 4 rings (SSSR count). The molecule has 0 bridgehead atoms. The molecule has 1 aromatic carbocycles. The summed E-state index contributed by atoms with van der Waals surface area (Å²) in [7, 11) is 0. The van der Waals surface area contributed by atoms with Gasteiger partial charge in [0.05, 0.1) is 23.0 Å². The predicted octanol–water partition coefficient (Wildman–Crippen LogP) is 4.70. The summed E-state index contributed by atoms with van der Waals surface area (Å²) in [5, 5.41) is 0. The zero-order valence-electron chi connectivity index (χ0n) is 17.9. The number of aromatic nitrogens is 3. The highest BCUT2D eigenvalue weighted by atomic mass is 16.2. The molecule has 1 amide bonds. The lowest BCUT2D eigenvalue weighted by Crippen LogP contribution is -2.33. The molecule has 0 N–H and O–H groups in total. The lowest BCUT2D eigenvalue weighted by Gasteiger charge is -2.21. The lowest BCUT2D eigenvalue weighted by molar-refractivity contribution is -0.121. The molecular weight excluding hydrogens is 376 g/mol. The summed E-state index contributed by atoms with van der Waals surface area (Å²) in [6.45, 7) is 9.32. The number of fused-ring (bicyclic) bond motifs is 1. The molecule has 0 fully saturated rings. The van der Waals surface area contributed by atoms with Crippen LogP contribution in [0.1, 0.15) is 54.6 Å².